The van der Waals surface area contributed by atoms with Gasteiger partial charge in [0, 0.05) is 43.9 Å². The second kappa shape index (κ2) is 10.1. The molecule has 192 valence electrons. The largest absolute Gasteiger partial charge is 0.354 e. The van der Waals surface area contributed by atoms with Crippen molar-refractivity contribution in [1.82, 2.24) is 25.7 Å². The maximum atomic E-state index is 15.1. The van der Waals surface area contributed by atoms with Gasteiger partial charge in [0.1, 0.15) is 11.6 Å². The van der Waals surface area contributed by atoms with E-state index < -0.39 is 11.7 Å². The second-order valence-electron chi connectivity index (χ2n) is 9.90. The van der Waals surface area contributed by atoms with Crippen molar-refractivity contribution in [3.05, 3.63) is 59.4 Å². The molecule has 1 fully saturated rings. The minimum Gasteiger partial charge on any atom is -0.354 e. The van der Waals surface area contributed by atoms with E-state index in [9.17, 15) is 9.59 Å². The molecule has 10 heteroatoms. The van der Waals surface area contributed by atoms with Crippen LogP contribution in [0.3, 0.4) is 0 Å². The molecule has 1 amide bonds. The zero-order chi connectivity index (χ0) is 26.1. The summed E-state index contributed by atoms with van der Waals surface area (Å²) in [5.74, 6) is 0.595. The molecule has 1 aliphatic heterocycles. The summed E-state index contributed by atoms with van der Waals surface area (Å²) in [6, 6.07) is 8.39. The highest BCUT2D eigenvalue weighted by Gasteiger charge is 2.27. The lowest BCUT2D eigenvalue weighted by molar-refractivity contribution is -0.117. The van der Waals surface area contributed by atoms with Gasteiger partial charge in [-0.1, -0.05) is 31.1 Å². The summed E-state index contributed by atoms with van der Waals surface area (Å²) in [4.78, 5) is 30.5. The molecule has 0 saturated carbocycles. The van der Waals surface area contributed by atoms with Crippen LogP contribution < -0.4 is 10.2 Å². The first kappa shape index (κ1) is 24.6. The maximum Gasteiger partial charge on any atom is 0.290 e. The summed E-state index contributed by atoms with van der Waals surface area (Å²) in [5.41, 5.74) is 3.14. The van der Waals surface area contributed by atoms with E-state index in [0.717, 1.165) is 36.3 Å². The quantitative estimate of drug-likeness (QED) is 0.360. The van der Waals surface area contributed by atoms with Crippen molar-refractivity contribution in [1.29, 1.82) is 0 Å². The number of hydrogen-bond donors (Lipinski definition) is 2. The van der Waals surface area contributed by atoms with Crippen LogP contribution in [0.4, 0.5) is 10.2 Å². The van der Waals surface area contributed by atoms with Crippen LogP contribution >= 0.6 is 0 Å². The normalized spacial score (nSPS) is 15.6. The van der Waals surface area contributed by atoms with Crippen molar-refractivity contribution in [2.45, 2.75) is 46.1 Å². The number of Topliss-reactive ketones (excluding diaryl/α,β-unsaturated/α-hetero) is 1. The predicted octanol–water partition coefficient (Wildman–Crippen LogP) is 4.61. The Morgan fingerprint density at radius 3 is 2.84 bits per heavy atom. The lowest BCUT2D eigenvalue weighted by Gasteiger charge is -2.17. The highest BCUT2D eigenvalue weighted by Crippen LogP contribution is 2.36. The molecule has 37 heavy (non-hydrogen) atoms. The third-order valence-corrected chi connectivity index (χ3v) is 6.75. The van der Waals surface area contributed by atoms with Crippen molar-refractivity contribution in [3.63, 3.8) is 0 Å². The molecule has 9 nitrogen and oxygen atoms in total. The molecule has 1 aliphatic rings. The molecule has 1 saturated heterocycles. The lowest BCUT2D eigenvalue weighted by Crippen LogP contribution is -2.22. The second-order valence-corrected chi connectivity index (χ2v) is 9.90. The van der Waals surface area contributed by atoms with Gasteiger partial charge in [0.05, 0.1) is 11.1 Å². The molecule has 0 spiro atoms. The summed E-state index contributed by atoms with van der Waals surface area (Å²) in [5, 5.41) is 14.9. The Kier molecular flexibility index (Phi) is 6.73. The maximum absolute atomic E-state index is 15.1. The lowest BCUT2D eigenvalue weighted by atomic mass is 10.0. The number of amides is 1. The van der Waals surface area contributed by atoms with Crippen molar-refractivity contribution in [2.75, 3.05) is 18.0 Å². The molecule has 0 aliphatic carbocycles. The van der Waals surface area contributed by atoms with Gasteiger partial charge >= 0.3 is 0 Å². The van der Waals surface area contributed by atoms with E-state index >= 15 is 4.39 Å². The van der Waals surface area contributed by atoms with Gasteiger partial charge < -0.3 is 19.5 Å². The molecule has 4 aromatic rings. The van der Waals surface area contributed by atoms with Gasteiger partial charge in [-0.2, -0.15) is 5.10 Å². The first-order chi connectivity index (χ1) is 17.8. The van der Waals surface area contributed by atoms with Crippen LogP contribution in [-0.2, 0) is 11.3 Å². The van der Waals surface area contributed by atoms with Gasteiger partial charge in [-0.25, -0.2) is 9.37 Å². The minimum atomic E-state index is -0.449. The number of H-pyrrole nitrogens is 1. The smallest absolute Gasteiger partial charge is 0.290 e. The van der Waals surface area contributed by atoms with Crippen molar-refractivity contribution >= 4 is 28.5 Å². The first-order valence-corrected chi connectivity index (χ1v) is 12.4. The van der Waals surface area contributed by atoms with Crippen LogP contribution in [0.15, 0.2) is 41.1 Å². The van der Waals surface area contributed by atoms with Crippen molar-refractivity contribution in [3.8, 4) is 11.1 Å². The summed E-state index contributed by atoms with van der Waals surface area (Å²) in [6.07, 6.45) is 3.14. The minimum absolute atomic E-state index is 0.0106. The number of hydrogen-bond acceptors (Lipinski definition) is 7. The van der Waals surface area contributed by atoms with Gasteiger partial charge in [-0.3, -0.25) is 9.89 Å². The van der Waals surface area contributed by atoms with Gasteiger partial charge in [0.15, 0.2) is 11.5 Å². The number of nitrogens with one attached hydrogen (secondary N) is 2. The fourth-order valence-corrected chi connectivity index (χ4v) is 4.79. The molecular formula is C27H29FN6O3. The van der Waals surface area contributed by atoms with Crippen LogP contribution in [0.2, 0.25) is 0 Å². The monoisotopic (exact) mass is 504 g/mol. The molecule has 0 bridgehead atoms. The first-order valence-electron chi connectivity index (χ1n) is 12.4. The number of carbonyl (C=O) groups excluding carboxylic acids is 2. The fraction of sp³-hybridized carbons (Fsp3) is 0.370. The number of benzene rings is 1. The Labute approximate surface area is 213 Å². The number of rotatable bonds is 8. The Morgan fingerprint density at radius 2 is 2.11 bits per heavy atom. The Hall–Kier alpha value is -4.08. The van der Waals surface area contributed by atoms with E-state index in [2.05, 4.69) is 30.6 Å². The van der Waals surface area contributed by atoms with Gasteiger partial charge in [0.2, 0.25) is 5.76 Å². The molecule has 4 heterocycles. The van der Waals surface area contributed by atoms with E-state index in [0.29, 0.717) is 34.8 Å². The van der Waals surface area contributed by atoms with Crippen LogP contribution in [0, 0.1) is 11.7 Å². The number of nitrogens with zero attached hydrogens (tertiary/aromatic N) is 4. The molecular weight excluding hydrogens is 475 g/mol. The molecule has 1 aromatic carbocycles. The molecule has 2 N–H and O–H groups in total. The topological polar surface area (TPSA) is 117 Å². The molecule has 3 aromatic heterocycles. The molecule has 0 radical (unpaired) electrons. The van der Waals surface area contributed by atoms with Gasteiger partial charge in [-0.15, -0.1) is 0 Å². The van der Waals surface area contributed by atoms with E-state index in [1.54, 1.807) is 25.3 Å². The van der Waals surface area contributed by atoms with Crippen LogP contribution in [0.5, 0.6) is 0 Å². The van der Waals surface area contributed by atoms with Gasteiger partial charge in [0.25, 0.3) is 5.91 Å². The van der Waals surface area contributed by atoms with E-state index in [-0.39, 0.29) is 24.0 Å². The summed E-state index contributed by atoms with van der Waals surface area (Å²) < 4.78 is 20.2. The zero-order valence-electron chi connectivity index (χ0n) is 21.0. The predicted molar refractivity (Wildman–Crippen MR) is 137 cm³/mol. The number of aromatic amines is 1. The molecule has 5 rings (SSSR count). The Bertz CT molecular complexity index is 1460. The van der Waals surface area contributed by atoms with E-state index in [4.69, 9.17) is 4.52 Å². The van der Waals surface area contributed by atoms with E-state index in [1.165, 1.54) is 6.07 Å². The number of anilines is 1. The summed E-state index contributed by atoms with van der Waals surface area (Å²) in [7, 11) is 0. The third-order valence-electron chi connectivity index (χ3n) is 6.75. The average Bonchev–Trinajstić information content (AvgIpc) is 3.62. The molecule has 0 unspecified atom stereocenters. The highest BCUT2D eigenvalue weighted by molar-refractivity contribution is 6.00. The number of carbonyl (C=O) groups is 2. The average molecular weight is 505 g/mol. The van der Waals surface area contributed by atoms with Gasteiger partial charge in [-0.05, 0) is 48.4 Å². The summed E-state index contributed by atoms with van der Waals surface area (Å²) in [6.45, 7) is 7.07. The van der Waals surface area contributed by atoms with Crippen molar-refractivity contribution < 1.29 is 18.5 Å². The van der Waals surface area contributed by atoms with Crippen LogP contribution in [0.25, 0.3) is 22.2 Å². The summed E-state index contributed by atoms with van der Waals surface area (Å²) >= 11 is 0. The number of aromatic nitrogens is 4. The fourth-order valence-electron chi connectivity index (χ4n) is 4.79. The zero-order valence-corrected chi connectivity index (χ0v) is 21.0. The third kappa shape index (κ3) is 5.09. The SMILES string of the molecule is CC(=O)C[C@@H]1CCN(c2n[nH]c3nccc(-c4ccc(CNC(=O)c5cc(C(C)C)no5)c(F)c4)c23)C1. The molecule has 1 atom stereocenters. The van der Waals surface area contributed by atoms with E-state index in [1.807, 2.05) is 26.0 Å². The highest BCUT2D eigenvalue weighted by atomic mass is 19.1. The van der Waals surface area contributed by atoms with Crippen LogP contribution in [0.1, 0.15) is 61.3 Å². The Balaban J connectivity index is 1.35. The number of halogens is 1. The Morgan fingerprint density at radius 1 is 1.27 bits per heavy atom. The number of ketones is 1. The van der Waals surface area contributed by atoms with Crippen LogP contribution in [-0.4, -0.2) is 45.1 Å². The number of fused-ring (bicyclic) bond motifs is 1. The van der Waals surface area contributed by atoms with Crippen molar-refractivity contribution in [2.24, 2.45) is 5.92 Å². The standard InChI is InChI=1S/C27H29FN6O3/c1-15(2)22-12-23(37-33-22)27(36)30-13-19-5-4-18(11-21(19)28)20-6-8-29-25-24(20)26(32-31-25)34-9-7-17(14-34)10-16(3)35/h4-6,8,11-12,15,17H,7,9-10,13-14H2,1-3H3,(H,30,36)(H,29,31,32)/t17-/m0/s1. The number of pyridine rings is 1.